The van der Waals surface area contributed by atoms with Crippen LogP contribution in [0.25, 0.3) is 0 Å². The smallest absolute Gasteiger partial charge is 0.129 e. The normalized spacial score (nSPS) is 25.9. The van der Waals surface area contributed by atoms with Crippen molar-refractivity contribution >= 4 is 5.78 Å². The predicted molar refractivity (Wildman–Crippen MR) is 77.1 cm³/mol. The number of rotatable bonds is 7. The van der Waals surface area contributed by atoms with Crippen LogP contribution in [0.2, 0.25) is 0 Å². The standard InChI is InChI=1S/C14H24N4O2/c1-10(19)6-4-3-5-9-16-12-8-7-11(15)13-14(12)18(2)20-17-13/h7-8,13-14,16-17H,3-6,9,15H2,1-2H3. The first-order valence-electron chi connectivity index (χ1n) is 7.15. The number of nitrogens with two attached hydrogens (primary N) is 1. The molecule has 2 atom stereocenters. The molecule has 0 aromatic heterocycles. The van der Waals surface area contributed by atoms with Crippen molar-refractivity contribution in [2.45, 2.75) is 44.7 Å². The summed E-state index contributed by atoms with van der Waals surface area (Å²) in [5.74, 6) is 0.271. The van der Waals surface area contributed by atoms with E-state index in [1.807, 2.05) is 19.2 Å². The first-order valence-corrected chi connectivity index (χ1v) is 7.15. The molecule has 0 spiro atoms. The van der Waals surface area contributed by atoms with E-state index in [0.29, 0.717) is 6.42 Å². The van der Waals surface area contributed by atoms with Crippen molar-refractivity contribution in [1.29, 1.82) is 0 Å². The van der Waals surface area contributed by atoms with Crippen LogP contribution in [0, 0.1) is 0 Å². The van der Waals surface area contributed by atoms with Crippen LogP contribution in [0.1, 0.15) is 32.6 Å². The maximum Gasteiger partial charge on any atom is 0.129 e. The molecule has 1 saturated heterocycles. The van der Waals surface area contributed by atoms with Crippen LogP contribution in [0.5, 0.6) is 0 Å². The summed E-state index contributed by atoms with van der Waals surface area (Å²) in [6.07, 6.45) is 7.70. The lowest BCUT2D eigenvalue weighted by Crippen LogP contribution is -2.45. The van der Waals surface area contributed by atoms with E-state index < -0.39 is 0 Å². The number of ketones is 1. The second kappa shape index (κ2) is 6.88. The number of Topliss-reactive ketones (excluding diaryl/α,β-unsaturated/α-hetero) is 1. The molecule has 112 valence electrons. The SMILES string of the molecule is CC(=O)CCCCCNC1=CC=C(N)C2NON(C)C12. The van der Waals surface area contributed by atoms with Crippen molar-refractivity contribution < 1.29 is 9.73 Å². The molecule has 2 unspecified atom stereocenters. The summed E-state index contributed by atoms with van der Waals surface area (Å²) in [7, 11) is 1.89. The lowest BCUT2D eigenvalue weighted by Gasteiger charge is -2.27. The van der Waals surface area contributed by atoms with Gasteiger partial charge in [0, 0.05) is 31.4 Å². The monoisotopic (exact) mass is 280 g/mol. The highest BCUT2D eigenvalue weighted by Crippen LogP contribution is 2.24. The Kier molecular flexibility index (Phi) is 5.17. The molecule has 4 N–H and O–H groups in total. The fraction of sp³-hybridized carbons (Fsp3) is 0.643. The molecular weight excluding hydrogens is 256 g/mol. The van der Waals surface area contributed by atoms with E-state index in [0.717, 1.165) is 37.2 Å². The van der Waals surface area contributed by atoms with Gasteiger partial charge in [0.15, 0.2) is 0 Å². The molecule has 1 heterocycles. The number of likely N-dealkylation sites (N-methyl/N-ethyl adjacent to an activating group) is 1. The van der Waals surface area contributed by atoms with E-state index >= 15 is 0 Å². The number of allylic oxidation sites excluding steroid dienone is 2. The Hall–Kier alpha value is -1.37. The minimum Gasteiger partial charge on any atom is -0.401 e. The zero-order chi connectivity index (χ0) is 14.5. The van der Waals surface area contributed by atoms with Crippen LogP contribution in [-0.4, -0.2) is 36.5 Å². The Labute approximate surface area is 119 Å². The lowest BCUT2D eigenvalue weighted by molar-refractivity contribution is -0.151. The average Bonchev–Trinajstić information content (AvgIpc) is 2.79. The highest BCUT2D eigenvalue weighted by atomic mass is 16.8. The number of hydrogen-bond donors (Lipinski definition) is 3. The largest absolute Gasteiger partial charge is 0.401 e. The maximum atomic E-state index is 10.8. The van der Waals surface area contributed by atoms with E-state index in [4.69, 9.17) is 10.7 Å². The lowest BCUT2D eigenvalue weighted by atomic mass is 9.97. The summed E-state index contributed by atoms with van der Waals surface area (Å²) >= 11 is 0. The van der Waals surface area contributed by atoms with Gasteiger partial charge in [-0.3, -0.25) is 0 Å². The maximum absolute atomic E-state index is 10.8. The molecule has 6 nitrogen and oxygen atoms in total. The van der Waals surface area contributed by atoms with Crippen molar-refractivity contribution in [3.05, 3.63) is 23.5 Å². The van der Waals surface area contributed by atoms with Gasteiger partial charge in [0.2, 0.25) is 0 Å². The molecule has 1 fully saturated rings. The number of nitrogens with zero attached hydrogens (tertiary/aromatic N) is 1. The highest BCUT2D eigenvalue weighted by molar-refractivity contribution is 5.75. The molecule has 0 saturated carbocycles. The van der Waals surface area contributed by atoms with E-state index in [9.17, 15) is 4.79 Å². The summed E-state index contributed by atoms with van der Waals surface area (Å²) in [6.45, 7) is 2.54. The van der Waals surface area contributed by atoms with Gasteiger partial charge in [-0.25, -0.2) is 4.94 Å². The number of carbonyl (C=O) groups is 1. The van der Waals surface area contributed by atoms with Crippen LogP contribution in [0.4, 0.5) is 0 Å². The molecule has 2 rings (SSSR count). The van der Waals surface area contributed by atoms with Gasteiger partial charge in [-0.15, -0.1) is 0 Å². The summed E-state index contributed by atoms with van der Waals surface area (Å²) in [4.78, 5) is 16.2. The third-order valence-electron chi connectivity index (χ3n) is 3.70. The Morgan fingerprint density at radius 1 is 1.45 bits per heavy atom. The molecule has 0 radical (unpaired) electrons. The second-order valence-corrected chi connectivity index (χ2v) is 5.41. The summed E-state index contributed by atoms with van der Waals surface area (Å²) in [5.41, 5.74) is 10.8. The van der Waals surface area contributed by atoms with Gasteiger partial charge in [-0.2, -0.15) is 10.5 Å². The number of unbranched alkanes of at least 4 members (excludes halogenated alkanes) is 2. The molecule has 1 aliphatic heterocycles. The van der Waals surface area contributed by atoms with Gasteiger partial charge in [-0.1, -0.05) is 6.42 Å². The first-order chi connectivity index (χ1) is 9.59. The van der Waals surface area contributed by atoms with Gasteiger partial charge in [-0.05, 0) is 31.9 Å². The number of hydrogen-bond acceptors (Lipinski definition) is 6. The first kappa shape index (κ1) is 15.0. The van der Waals surface area contributed by atoms with E-state index in [1.165, 1.54) is 0 Å². The van der Waals surface area contributed by atoms with Gasteiger partial charge >= 0.3 is 0 Å². The minimum absolute atomic E-state index is 0.00483. The van der Waals surface area contributed by atoms with Crippen LogP contribution >= 0.6 is 0 Å². The van der Waals surface area contributed by atoms with Crippen molar-refractivity contribution in [3.63, 3.8) is 0 Å². The fourth-order valence-corrected chi connectivity index (χ4v) is 2.56. The molecule has 0 bridgehead atoms. The molecule has 1 aliphatic carbocycles. The number of hydroxylamine groups is 3. The molecule has 0 aromatic carbocycles. The quantitative estimate of drug-likeness (QED) is 0.592. The fourth-order valence-electron chi connectivity index (χ4n) is 2.56. The van der Waals surface area contributed by atoms with E-state index in [2.05, 4.69) is 10.8 Å². The summed E-state index contributed by atoms with van der Waals surface area (Å²) < 4.78 is 0. The van der Waals surface area contributed by atoms with Crippen molar-refractivity contribution in [2.24, 2.45) is 5.73 Å². The Morgan fingerprint density at radius 2 is 2.25 bits per heavy atom. The Bertz CT molecular complexity index is 419. The Morgan fingerprint density at radius 3 is 3.00 bits per heavy atom. The van der Waals surface area contributed by atoms with Crippen molar-refractivity contribution in [2.75, 3.05) is 13.6 Å². The number of nitrogens with one attached hydrogen (secondary N) is 2. The molecule has 6 heteroatoms. The van der Waals surface area contributed by atoms with Gasteiger partial charge in [0.1, 0.15) is 5.78 Å². The number of fused-ring (bicyclic) bond motifs is 1. The van der Waals surface area contributed by atoms with Crippen molar-refractivity contribution in [1.82, 2.24) is 15.9 Å². The van der Waals surface area contributed by atoms with Crippen LogP contribution < -0.4 is 16.5 Å². The van der Waals surface area contributed by atoms with E-state index in [1.54, 1.807) is 12.0 Å². The Balaban J connectivity index is 1.76. The van der Waals surface area contributed by atoms with Crippen LogP contribution in [0.3, 0.4) is 0 Å². The zero-order valence-corrected chi connectivity index (χ0v) is 12.2. The van der Waals surface area contributed by atoms with E-state index in [-0.39, 0.29) is 17.9 Å². The van der Waals surface area contributed by atoms with Crippen LogP contribution in [0.15, 0.2) is 23.5 Å². The van der Waals surface area contributed by atoms with Crippen LogP contribution in [-0.2, 0) is 9.73 Å². The van der Waals surface area contributed by atoms with Gasteiger partial charge in [0.25, 0.3) is 0 Å². The zero-order valence-electron chi connectivity index (χ0n) is 12.2. The van der Waals surface area contributed by atoms with Gasteiger partial charge < -0.3 is 15.8 Å². The summed E-state index contributed by atoms with van der Waals surface area (Å²) in [6, 6.07) is 0.0995. The molecule has 20 heavy (non-hydrogen) atoms. The average molecular weight is 280 g/mol. The third-order valence-corrected chi connectivity index (χ3v) is 3.70. The number of carbonyl (C=O) groups excluding carboxylic acids is 1. The van der Waals surface area contributed by atoms with Gasteiger partial charge in [0.05, 0.1) is 12.1 Å². The predicted octanol–water partition coefficient (Wildman–Crippen LogP) is 0.584. The van der Waals surface area contributed by atoms with Crippen molar-refractivity contribution in [3.8, 4) is 0 Å². The minimum atomic E-state index is 0.00483. The molecular formula is C14H24N4O2. The second-order valence-electron chi connectivity index (χ2n) is 5.41. The molecule has 2 aliphatic rings. The topological polar surface area (TPSA) is 79.6 Å². The third kappa shape index (κ3) is 3.59. The molecule has 0 aromatic rings. The highest BCUT2D eigenvalue weighted by Gasteiger charge is 2.39. The molecule has 0 amide bonds. The summed E-state index contributed by atoms with van der Waals surface area (Å²) in [5, 5.41) is 5.22.